The highest BCUT2D eigenvalue weighted by atomic mass is 16.2. The third-order valence-corrected chi connectivity index (χ3v) is 9.43. The van der Waals surface area contributed by atoms with E-state index in [1.807, 2.05) is 58.1 Å². The first kappa shape index (κ1) is 26.7. The lowest BCUT2D eigenvalue weighted by Crippen LogP contribution is -2.66. The number of aromatic nitrogens is 2. The van der Waals surface area contributed by atoms with Crippen molar-refractivity contribution in [1.29, 1.82) is 0 Å². The van der Waals surface area contributed by atoms with Gasteiger partial charge in [0, 0.05) is 25.6 Å². The molecule has 1 amide bonds. The van der Waals surface area contributed by atoms with Gasteiger partial charge in [0.05, 0.1) is 32.7 Å². The minimum absolute atomic E-state index is 0.0435. The van der Waals surface area contributed by atoms with Crippen LogP contribution in [0.3, 0.4) is 0 Å². The number of hydrazine groups is 1. The number of benzene rings is 2. The Balaban J connectivity index is 1.32. The number of rotatable bonds is 5. The number of imidazole rings is 1. The van der Waals surface area contributed by atoms with E-state index >= 15 is 0 Å². The average molecular weight is 587 g/mol. The molecule has 0 N–H and O–H groups in total. The standard InChI is InChI=1S/C34H34N8O2/c1-3-15-37-17-9-14-34(31(44)40-22-27-13-8-6-11-25(27)20-36-33(40)42(34)37)28-18-29-30(43)39-21-26-12-7-5-10-24(26)19-35-32(39)41(29)38(23-28)16-4-2/h3-14,18,28H,1-2,15-17,19-23H2. The molecule has 5 aliphatic heterocycles. The Morgan fingerprint density at radius 1 is 0.864 bits per heavy atom. The van der Waals surface area contributed by atoms with Crippen molar-refractivity contribution in [3.05, 3.63) is 130 Å². The summed E-state index contributed by atoms with van der Waals surface area (Å²) < 4.78 is 3.70. The molecular formula is C34H34N8O2. The molecule has 2 aromatic carbocycles. The van der Waals surface area contributed by atoms with Gasteiger partial charge in [-0.1, -0.05) is 66.8 Å². The van der Waals surface area contributed by atoms with Crippen LogP contribution in [0.4, 0.5) is 0 Å². The fraction of sp³-hybridized carbons (Fsp3) is 0.294. The number of hydrogen-bond acceptors (Lipinski definition) is 7. The van der Waals surface area contributed by atoms with E-state index in [0.717, 1.165) is 22.3 Å². The summed E-state index contributed by atoms with van der Waals surface area (Å²) in [4.78, 5) is 40.9. The van der Waals surface area contributed by atoms with Crippen LogP contribution in [0.15, 0.2) is 101 Å². The molecule has 1 aromatic heterocycles. The van der Waals surface area contributed by atoms with Gasteiger partial charge in [0.2, 0.25) is 11.6 Å². The molecule has 1 fully saturated rings. The molecule has 0 aliphatic carbocycles. The van der Waals surface area contributed by atoms with Crippen LogP contribution < -0.4 is 21.5 Å². The molecule has 6 heterocycles. The summed E-state index contributed by atoms with van der Waals surface area (Å²) >= 11 is 0. The molecule has 10 nitrogen and oxygen atoms in total. The van der Waals surface area contributed by atoms with Crippen molar-refractivity contribution < 1.29 is 4.79 Å². The van der Waals surface area contributed by atoms with Crippen molar-refractivity contribution in [2.45, 2.75) is 31.7 Å². The van der Waals surface area contributed by atoms with Gasteiger partial charge in [-0.15, -0.1) is 13.2 Å². The van der Waals surface area contributed by atoms with E-state index in [1.165, 1.54) is 0 Å². The van der Waals surface area contributed by atoms with Crippen molar-refractivity contribution >= 4 is 17.9 Å². The van der Waals surface area contributed by atoms with Crippen LogP contribution in [0.1, 0.15) is 22.3 Å². The van der Waals surface area contributed by atoms with Crippen LogP contribution in [0.2, 0.25) is 0 Å². The lowest BCUT2D eigenvalue weighted by molar-refractivity contribution is -0.137. The Hall–Kier alpha value is -4.96. The summed E-state index contributed by atoms with van der Waals surface area (Å²) in [5.74, 6) is 0.231. The molecule has 3 aromatic rings. The van der Waals surface area contributed by atoms with Gasteiger partial charge in [0.1, 0.15) is 5.35 Å². The molecule has 2 atom stereocenters. The number of hydrogen-bond donors (Lipinski definition) is 0. The summed E-state index contributed by atoms with van der Waals surface area (Å²) in [7, 11) is 0. The molecule has 0 saturated carbocycles. The summed E-state index contributed by atoms with van der Waals surface area (Å²) in [6.07, 6.45) is 9.78. The van der Waals surface area contributed by atoms with Gasteiger partial charge in [0.15, 0.2) is 5.54 Å². The van der Waals surface area contributed by atoms with Crippen LogP contribution >= 0.6 is 0 Å². The topological polar surface area (TPSA) is 81.7 Å². The highest BCUT2D eigenvalue weighted by Gasteiger charge is 2.62. The van der Waals surface area contributed by atoms with Gasteiger partial charge in [-0.25, -0.2) is 19.7 Å². The second kappa shape index (κ2) is 10.1. The predicted molar refractivity (Wildman–Crippen MR) is 168 cm³/mol. The Morgan fingerprint density at radius 3 is 2.25 bits per heavy atom. The van der Waals surface area contributed by atoms with E-state index in [9.17, 15) is 9.59 Å². The maximum atomic E-state index is 14.9. The predicted octanol–water partition coefficient (Wildman–Crippen LogP) is 1.29. The molecule has 5 aliphatic rings. The lowest BCUT2D eigenvalue weighted by Gasteiger charge is -2.48. The molecule has 1 saturated heterocycles. The highest BCUT2D eigenvalue weighted by molar-refractivity contribution is 6.11. The number of guanidine groups is 1. The molecule has 0 spiro atoms. The zero-order chi connectivity index (χ0) is 30.0. The van der Waals surface area contributed by atoms with Crippen LogP contribution in [0, 0.1) is 5.92 Å². The summed E-state index contributed by atoms with van der Waals surface area (Å²) in [5, 5.41) is 6.83. The van der Waals surface area contributed by atoms with E-state index in [2.05, 4.69) is 58.5 Å². The van der Waals surface area contributed by atoms with Crippen LogP contribution in [0.25, 0.3) is 6.08 Å². The molecule has 44 heavy (non-hydrogen) atoms. The number of fused-ring (bicyclic) bond motifs is 8. The Labute approximate surface area is 255 Å². The molecule has 0 radical (unpaired) electrons. The van der Waals surface area contributed by atoms with Crippen molar-refractivity contribution in [3.8, 4) is 0 Å². The average Bonchev–Trinajstić information content (AvgIpc) is 3.25. The van der Waals surface area contributed by atoms with Crippen molar-refractivity contribution in [2.24, 2.45) is 15.9 Å². The maximum absolute atomic E-state index is 14.9. The fourth-order valence-electron chi connectivity index (χ4n) is 7.42. The Bertz CT molecular complexity index is 1970. The smallest absolute Gasteiger partial charge is 0.279 e. The minimum Gasteiger partial charge on any atom is -0.305 e. The Kier molecular flexibility index (Phi) is 6.09. The lowest BCUT2D eigenvalue weighted by atomic mass is 9.80. The van der Waals surface area contributed by atoms with Crippen molar-refractivity contribution in [1.82, 2.24) is 24.2 Å². The first-order valence-corrected chi connectivity index (χ1v) is 15.1. The first-order chi connectivity index (χ1) is 21.5. The van der Waals surface area contributed by atoms with Gasteiger partial charge in [-0.3, -0.25) is 24.1 Å². The number of carbonyl (C=O) groups excluding carboxylic acids is 1. The molecule has 10 heteroatoms. The van der Waals surface area contributed by atoms with E-state index < -0.39 is 5.54 Å². The van der Waals surface area contributed by atoms with Gasteiger partial charge in [-0.05, 0) is 34.4 Å². The summed E-state index contributed by atoms with van der Waals surface area (Å²) in [5.41, 5.74) is 3.82. The second-order valence-electron chi connectivity index (χ2n) is 11.9. The van der Waals surface area contributed by atoms with E-state index in [-0.39, 0.29) is 17.4 Å². The SMILES string of the molecule is C=CCN1CC=CC2(C3C=c4c(=O)n5c(n4N(CC=C)C3)=NCc3ccccc3C5)C(=O)N3Cc4ccccc4CN=C3N12. The van der Waals surface area contributed by atoms with E-state index in [0.29, 0.717) is 69.3 Å². The fourth-order valence-corrected chi connectivity index (χ4v) is 7.42. The number of aliphatic imine (C=N–C) groups is 1. The van der Waals surface area contributed by atoms with E-state index in [4.69, 9.17) is 9.98 Å². The number of carbonyl (C=O) groups is 1. The van der Waals surface area contributed by atoms with Crippen LogP contribution in [-0.2, 0) is 31.0 Å². The zero-order valence-electron chi connectivity index (χ0n) is 24.5. The van der Waals surface area contributed by atoms with Crippen LogP contribution in [0.5, 0.6) is 0 Å². The summed E-state index contributed by atoms with van der Waals surface area (Å²) in [6.45, 7) is 12.0. The van der Waals surface area contributed by atoms with Gasteiger partial charge >= 0.3 is 0 Å². The van der Waals surface area contributed by atoms with E-state index in [1.54, 1.807) is 4.57 Å². The van der Waals surface area contributed by atoms with Crippen LogP contribution in [-0.4, -0.2) is 67.7 Å². The normalized spacial score (nSPS) is 23.5. The second-order valence-corrected chi connectivity index (χ2v) is 11.9. The van der Waals surface area contributed by atoms with Gasteiger partial charge in [-0.2, -0.15) is 0 Å². The monoisotopic (exact) mass is 586 g/mol. The maximum Gasteiger partial charge on any atom is 0.279 e. The zero-order valence-corrected chi connectivity index (χ0v) is 24.5. The first-order valence-electron chi connectivity index (χ1n) is 15.1. The third-order valence-electron chi connectivity index (χ3n) is 9.43. The highest BCUT2D eigenvalue weighted by Crippen LogP contribution is 2.42. The Morgan fingerprint density at radius 2 is 1.52 bits per heavy atom. The molecule has 2 unspecified atom stereocenters. The molecular weight excluding hydrogens is 552 g/mol. The number of nitrogens with zero attached hydrogens (tertiary/aromatic N) is 8. The molecule has 8 rings (SSSR count). The largest absolute Gasteiger partial charge is 0.305 e. The van der Waals surface area contributed by atoms with Crippen molar-refractivity contribution in [2.75, 3.05) is 31.2 Å². The summed E-state index contributed by atoms with van der Waals surface area (Å²) in [6, 6.07) is 16.3. The quantitative estimate of drug-likeness (QED) is 0.421. The minimum atomic E-state index is -1.10. The molecule has 222 valence electrons. The van der Waals surface area contributed by atoms with Gasteiger partial charge < -0.3 is 5.01 Å². The number of amides is 1. The van der Waals surface area contributed by atoms with Crippen molar-refractivity contribution in [3.63, 3.8) is 0 Å². The molecule has 0 bridgehead atoms. The van der Waals surface area contributed by atoms with Gasteiger partial charge in [0.25, 0.3) is 11.5 Å². The third kappa shape index (κ3) is 3.70.